The van der Waals surface area contributed by atoms with E-state index in [0.29, 0.717) is 18.1 Å². The molecule has 0 amide bonds. The third-order valence-electron chi connectivity index (χ3n) is 3.43. The predicted molar refractivity (Wildman–Crippen MR) is 91.2 cm³/mol. The van der Waals surface area contributed by atoms with Gasteiger partial charge in [-0.15, -0.1) is 0 Å². The summed E-state index contributed by atoms with van der Waals surface area (Å²) in [6.45, 7) is 5.85. The van der Waals surface area contributed by atoms with Crippen LogP contribution in [-0.4, -0.2) is 36.0 Å². The molecule has 1 rings (SSSR count). The second kappa shape index (κ2) is 10.9. The molecular formula is C17H29NO2S. The summed E-state index contributed by atoms with van der Waals surface area (Å²) in [6.07, 6.45) is 3.36. The molecule has 1 aromatic carbocycles. The molecule has 120 valence electrons. The fourth-order valence-electron chi connectivity index (χ4n) is 2.24. The van der Waals surface area contributed by atoms with Crippen molar-refractivity contribution in [2.24, 2.45) is 0 Å². The number of hydrogen-bond acceptors (Lipinski definition) is 3. The molecule has 4 heteroatoms. The van der Waals surface area contributed by atoms with E-state index in [0.717, 1.165) is 25.8 Å². The molecule has 0 saturated carbocycles. The van der Waals surface area contributed by atoms with Gasteiger partial charge in [-0.1, -0.05) is 44.5 Å². The van der Waals surface area contributed by atoms with Gasteiger partial charge in [0.25, 0.3) is 0 Å². The largest absolute Gasteiger partial charge is 0.384 e. The number of ether oxygens (including phenoxy) is 1. The monoisotopic (exact) mass is 311 g/mol. The molecule has 0 aliphatic heterocycles. The maximum atomic E-state index is 12.1. The van der Waals surface area contributed by atoms with Gasteiger partial charge in [0.05, 0.1) is 6.61 Å². The van der Waals surface area contributed by atoms with Crippen molar-refractivity contribution in [1.82, 2.24) is 5.32 Å². The van der Waals surface area contributed by atoms with Crippen LogP contribution >= 0.6 is 0 Å². The maximum Gasteiger partial charge on any atom is 0.0577 e. The van der Waals surface area contributed by atoms with Crippen molar-refractivity contribution in [2.45, 2.75) is 39.2 Å². The van der Waals surface area contributed by atoms with E-state index in [4.69, 9.17) is 4.74 Å². The molecule has 1 aromatic rings. The Kier molecular flexibility index (Phi) is 9.55. The quantitative estimate of drug-likeness (QED) is 0.682. The number of aryl methyl sites for hydroxylation is 1. The Labute approximate surface area is 131 Å². The van der Waals surface area contributed by atoms with Gasteiger partial charge in [-0.2, -0.15) is 0 Å². The van der Waals surface area contributed by atoms with Crippen LogP contribution in [0.15, 0.2) is 24.3 Å². The van der Waals surface area contributed by atoms with Gasteiger partial charge in [0.15, 0.2) is 0 Å². The average molecular weight is 311 g/mol. The number of nitrogens with one attached hydrogen (secondary N) is 1. The Morgan fingerprint density at radius 3 is 2.48 bits per heavy atom. The van der Waals surface area contributed by atoms with Gasteiger partial charge in [-0.25, -0.2) is 0 Å². The van der Waals surface area contributed by atoms with E-state index < -0.39 is 10.8 Å². The molecule has 0 heterocycles. The Bertz CT molecular complexity index is 406. The molecular weight excluding hydrogens is 282 g/mol. The van der Waals surface area contributed by atoms with E-state index in [1.165, 1.54) is 11.1 Å². The van der Waals surface area contributed by atoms with Crippen LogP contribution < -0.4 is 5.32 Å². The van der Waals surface area contributed by atoms with E-state index >= 15 is 0 Å². The number of hydrogen-bond donors (Lipinski definition) is 1. The predicted octanol–water partition coefficient (Wildman–Crippen LogP) is 3.07. The molecule has 0 aromatic heterocycles. The second-order valence-corrected chi connectivity index (χ2v) is 6.92. The lowest BCUT2D eigenvalue weighted by Gasteiger charge is -2.19. The minimum absolute atomic E-state index is 0.165. The fraction of sp³-hybridized carbons (Fsp3) is 0.647. The van der Waals surface area contributed by atoms with Gasteiger partial charge in [-0.05, 0) is 30.5 Å². The van der Waals surface area contributed by atoms with Crippen molar-refractivity contribution < 1.29 is 8.95 Å². The Morgan fingerprint density at radius 2 is 1.90 bits per heavy atom. The van der Waals surface area contributed by atoms with E-state index in [1.807, 2.05) is 0 Å². The maximum absolute atomic E-state index is 12.1. The summed E-state index contributed by atoms with van der Waals surface area (Å²) in [7, 11) is 0.799. The zero-order valence-corrected chi connectivity index (χ0v) is 14.4. The zero-order chi connectivity index (χ0) is 15.5. The summed E-state index contributed by atoms with van der Waals surface area (Å²) in [5, 5.41) is 3.51. The van der Waals surface area contributed by atoms with E-state index in [2.05, 4.69) is 43.4 Å². The molecule has 0 aliphatic carbocycles. The van der Waals surface area contributed by atoms with Crippen LogP contribution in [0.4, 0.5) is 0 Å². The highest BCUT2D eigenvalue weighted by Gasteiger charge is 2.14. The number of rotatable bonds is 11. The van der Waals surface area contributed by atoms with Crippen molar-refractivity contribution >= 4 is 10.8 Å². The Balaban J connectivity index is 2.68. The van der Waals surface area contributed by atoms with E-state index in [-0.39, 0.29) is 6.04 Å². The normalized spacial score (nSPS) is 14.0. The van der Waals surface area contributed by atoms with Crippen LogP contribution in [-0.2, 0) is 22.0 Å². The summed E-state index contributed by atoms with van der Waals surface area (Å²) >= 11 is 0. The minimum atomic E-state index is -0.850. The standard InChI is InChI=1S/C17H29NO2S/c1-4-6-15-7-9-16(10-8-15)17(18-11-5-2)14-21(19)13-12-20-3/h7-10,17-18H,4-6,11-14H2,1-3H3. The molecule has 1 N–H and O–H groups in total. The highest BCUT2D eigenvalue weighted by molar-refractivity contribution is 7.85. The van der Waals surface area contributed by atoms with Gasteiger partial charge in [0.1, 0.15) is 0 Å². The molecule has 0 saturated heterocycles. The molecule has 21 heavy (non-hydrogen) atoms. The first-order valence-corrected chi connectivity index (χ1v) is 9.36. The molecule has 2 unspecified atom stereocenters. The van der Waals surface area contributed by atoms with Gasteiger partial charge < -0.3 is 10.1 Å². The summed E-state index contributed by atoms with van der Waals surface area (Å²) < 4.78 is 17.1. The first kappa shape index (κ1) is 18.3. The van der Waals surface area contributed by atoms with Crippen LogP contribution in [0.3, 0.4) is 0 Å². The van der Waals surface area contributed by atoms with Crippen molar-refractivity contribution in [3.63, 3.8) is 0 Å². The van der Waals surface area contributed by atoms with Crippen molar-refractivity contribution in [3.8, 4) is 0 Å². The van der Waals surface area contributed by atoms with E-state index in [1.54, 1.807) is 7.11 Å². The van der Waals surface area contributed by atoms with Crippen LogP contribution in [0.1, 0.15) is 43.9 Å². The molecule has 3 nitrogen and oxygen atoms in total. The zero-order valence-electron chi connectivity index (χ0n) is 13.6. The molecule has 0 spiro atoms. The molecule has 0 aliphatic rings. The summed E-state index contributed by atoms with van der Waals surface area (Å²) in [5.41, 5.74) is 2.60. The highest BCUT2D eigenvalue weighted by Crippen LogP contribution is 2.16. The van der Waals surface area contributed by atoms with Crippen molar-refractivity contribution in [1.29, 1.82) is 0 Å². The average Bonchev–Trinajstić information content (AvgIpc) is 2.50. The first-order valence-electron chi connectivity index (χ1n) is 7.87. The fourth-order valence-corrected chi connectivity index (χ4v) is 3.44. The van der Waals surface area contributed by atoms with E-state index in [9.17, 15) is 4.21 Å². The summed E-state index contributed by atoms with van der Waals surface area (Å²) in [4.78, 5) is 0. The van der Waals surface area contributed by atoms with Crippen molar-refractivity contribution in [2.75, 3.05) is 31.8 Å². The van der Waals surface area contributed by atoms with Crippen LogP contribution in [0.25, 0.3) is 0 Å². The molecule has 0 radical (unpaired) electrons. The highest BCUT2D eigenvalue weighted by atomic mass is 32.2. The van der Waals surface area contributed by atoms with Gasteiger partial charge >= 0.3 is 0 Å². The van der Waals surface area contributed by atoms with Crippen LogP contribution in [0.5, 0.6) is 0 Å². The van der Waals surface area contributed by atoms with Gasteiger partial charge in [0, 0.05) is 35.5 Å². The lowest BCUT2D eigenvalue weighted by Crippen LogP contribution is -2.28. The molecule has 2 atom stereocenters. The lowest BCUT2D eigenvalue weighted by atomic mass is 10.0. The SMILES string of the molecule is CCCNC(CS(=O)CCOC)c1ccc(CCC)cc1. The lowest BCUT2D eigenvalue weighted by molar-refractivity contribution is 0.218. The van der Waals surface area contributed by atoms with Gasteiger partial charge in [-0.3, -0.25) is 4.21 Å². The van der Waals surface area contributed by atoms with Gasteiger partial charge in [0.2, 0.25) is 0 Å². The third kappa shape index (κ3) is 7.21. The smallest absolute Gasteiger partial charge is 0.0577 e. The number of benzene rings is 1. The summed E-state index contributed by atoms with van der Waals surface area (Å²) in [6, 6.07) is 8.89. The number of methoxy groups -OCH3 is 1. The Morgan fingerprint density at radius 1 is 1.19 bits per heavy atom. The van der Waals surface area contributed by atoms with Crippen LogP contribution in [0, 0.1) is 0 Å². The minimum Gasteiger partial charge on any atom is -0.384 e. The second-order valence-electron chi connectivity index (χ2n) is 5.30. The van der Waals surface area contributed by atoms with Crippen molar-refractivity contribution in [3.05, 3.63) is 35.4 Å². The first-order chi connectivity index (χ1) is 10.2. The Hall–Kier alpha value is -0.710. The molecule has 0 bridgehead atoms. The molecule has 0 fully saturated rings. The summed E-state index contributed by atoms with van der Waals surface area (Å²) in [5.74, 6) is 1.26. The third-order valence-corrected chi connectivity index (χ3v) is 4.76. The topological polar surface area (TPSA) is 38.3 Å². The van der Waals surface area contributed by atoms with Crippen LogP contribution in [0.2, 0.25) is 0 Å².